The van der Waals surface area contributed by atoms with Gasteiger partial charge in [0.05, 0.1) is 7.11 Å². The van der Waals surface area contributed by atoms with Crippen LogP contribution in [0.5, 0.6) is 11.5 Å². The Kier molecular flexibility index (Phi) is 5.77. The third kappa shape index (κ3) is 5.09. The average Bonchev–Trinajstić information content (AvgIpc) is 2.55. The quantitative estimate of drug-likeness (QED) is 0.855. The summed E-state index contributed by atoms with van der Waals surface area (Å²) in [6, 6.07) is 13.3. The molecule has 1 N–H and O–H groups in total. The van der Waals surface area contributed by atoms with Gasteiger partial charge in [0.25, 0.3) is 5.91 Å². The minimum absolute atomic E-state index is 0.0589. The number of nitrogens with one attached hydrogen (secondary N) is 1. The van der Waals surface area contributed by atoms with E-state index in [1.165, 1.54) is 12.1 Å². The zero-order valence-electron chi connectivity index (χ0n) is 12.3. The van der Waals surface area contributed by atoms with Gasteiger partial charge in [-0.05, 0) is 36.2 Å². The van der Waals surface area contributed by atoms with E-state index in [0.29, 0.717) is 24.5 Å². The van der Waals surface area contributed by atoms with Gasteiger partial charge in [0.15, 0.2) is 6.61 Å². The van der Waals surface area contributed by atoms with Gasteiger partial charge in [-0.2, -0.15) is 0 Å². The highest BCUT2D eigenvalue weighted by Crippen LogP contribution is 2.18. The summed E-state index contributed by atoms with van der Waals surface area (Å²) in [4.78, 5) is 11.7. The molecule has 0 bridgehead atoms. The second-order valence-corrected chi connectivity index (χ2v) is 4.69. The van der Waals surface area contributed by atoms with E-state index in [9.17, 15) is 9.18 Å². The number of methoxy groups -OCH3 is 1. The molecule has 5 heteroatoms. The molecular weight excluding hydrogens is 285 g/mol. The number of hydrogen-bond acceptors (Lipinski definition) is 3. The topological polar surface area (TPSA) is 47.6 Å². The van der Waals surface area contributed by atoms with Crippen LogP contribution in [-0.2, 0) is 11.2 Å². The minimum Gasteiger partial charge on any atom is -0.497 e. The number of benzene rings is 2. The number of carbonyl (C=O) groups is 1. The Hall–Kier alpha value is -2.56. The van der Waals surface area contributed by atoms with Crippen LogP contribution < -0.4 is 14.8 Å². The fourth-order valence-corrected chi connectivity index (χ4v) is 1.89. The van der Waals surface area contributed by atoms with Crippen LogP contribution in [0.2, 0.25) is 0 Å². The summed E-state index contributed by atoms with van der Waals surface area (Å²) in [5.41, 5.74) is 0.968. The summed E-state index contributed by atoms with van der Waals surface area (Å²) < 4.78 is 23.2. The highest BCUT2D eigenvalue weighted by Gasteiger charge is 2.03. The largest absolute Gasteiger partial charge is 0.497 e. The second kappa shape index (κ2) is 8.02. The molecule has 2 rings (SSSR count). The smallest absolute Gasteiger partial charge is 0.257 e. The lowest BCUT2D eigenvalue weighted by atomic mass is 10.1. The van der Waals surface area contributed by atoms with Crippen molar-refractivity contribution in [3.63, 3.8) is 0 Å². The first kappa shape index (κ1) is 15.8. The lowest BCUT2D eigenvalue weighted by Crippen LogP contribution is -2.30. The van der Waals surface area contributed by atoms with Gasteiger partial charge >= 0.3 is 0 Å². The van der Waals surface area contributed by atoms with Gasteiger partial charge in [-0.15, -0.1) is 0 Å². The number of carbonyl (C=O) groups excluding carboxylic acids is 1. The van der Waals surface area contributed by atoms with Crippen LogP contribution in [0.25, 0.3) is 0 Å². The molecular formula is C17H18FNO3. The Bertz CT molecular complexity index is 614. The van der Waals surface area contributed by atoms with E-state index in [1.54, 1.807) is 43.5 Å². The summed E-state index contributed by atoms with van der Waals surface area (Å²) in [5.74, 6) is 0.784. The molecule has 0 aliphatic carbocycles. The molecule has 2 aromatic rings. The molecule has 0 atom stereocenters. The molecule has 0 fully saturated rings. The molecule has 1 amide bonds. The van der Waals surface area contributed by atoms with Gasteiger partial charge < -0.3 is 14.8 Å². The van der Waals surface area contributed by atoms with Crippen molar-refractivity contribution in [2.75, 3.05) is 20.3 Å². The Morgan fingerprint density at radius 1 is 1.14 bits per heavy atom. The van der Waals surface area contributed by atoms with E-state index in [0.717, 1.165) is 5.56 Å². The molecule has 116 valence electrons. The third-order valence-corrected chi connectivity index (χ3v) is 3.06. The molecule has 0 saturated heterocycles. The molecule has 0 aliphatic heterocycles. The zero-order valence-corrected chi connectivity index (χ0v) is 12.3. The van der Waals surface area contributed by atoms with Crippen LogP contribution in [0.4, 0.5) is 4.39 Å². The molecule has 0 spiro atoms. The monoisotopic (exact) mass is 303 g/mol. The van der Waals surface area contributed by atoms with Crippen LogP contribution in [0.1, 0.15) is 5.56 Å². The van der Waals surface area contributed by atoms with Crippen molar-refractivity contribution in [3.05, 3.63) is 59.9 Å². The first-order chi connectivity index (χ1) is 10.7. The van der Waals surface area contributed by atoms with Crippen molar-refractivity contribution >= 4 is 5.91 Å². The van der Waals surface area contributed by atoms with E-state index >= 15 is 0 Å². The maximum atomic E-state index is 12.8. The predicted molar refractivity (Wildman–Crippen MR) is 81.6 cm³/mol. The van der Waals surface area contributed by atoms with Crippen molar-refractivity contribution in [3.8, 4) is 11.5 Å². The Balaban J connectivity index is 1.70. The average molecular weight is 303 g/mol. The van der Waals surface area contributed by atoms with Gasteiger partial charge in [0, 0.05) is 12.6 Å². The van der Waals surface area contributed by atoms with E-state index in [2.05, 4.69) is 5.32 Å². The number of rotatable bonds is 7. The van der Waals surface area contributed by atoms with E-state index < -0.39 is 0 Å². The fraction of sp³-hybridized carbons (Fsp3) is 0.235. The SMILES string of the molecule is COc1cccc(OCC(=O)NCCc2ccc(F)cc2)c1. The first-order valence-corrected chi connectivity index (χ1v) is 6.95. The predicted octanol–water partition coefficient (Wildman–Crippen LogP) is 2.57. The van der Waals surface area contributed by atoms with Crippen LogP contribution in [0.3, 0.4) is 0 Å². The van der Waals surface area contributed by atoms with Crippen LogP contribution in [0, 0.1) is 5.82 Å². The van der Waals surface area contributed by atoms with Crippen molar-refractivity contribution in [2.45, 2.75) is 6.42 Å². The normalized spacial score (nSPS) is 10.1. The third-order valence-electron chi connectivity index (χ3n) is 3.06. The molecule has 0 unspecified atom stereocenters. The van der Waals surface area contributed by atoms with Gasteiger partial charge in [-0.3, -0.25) is 4.79 Å². The molecule has 0 aromatic heterocycles. The van der Waals surface area contributed by atoms with E-state index in [4.69, 9.17) is 9.47 Å². The fourth-order valence-electron chi connectivity index (χ4n) is 1.89. The lowest BCUT2D eigenvalue weighted by Gasteiger charge is -2.08. The highest BCUT2D eigenvalue weighted by atomic mass is 19.1. The summed E-state index contributed by atoms with van der Waals surface area (Å²) in [5, 5.41) is 2.76. The van der Waals surface area contributed by atoms with Crippen LogP contribution in [0.15, 0.2) is 48.5 Å². The van der Waals surface area contributed by atoms with Gasteiger partial charge in [-0.25, -0.2) is 4.39 Å². The summed E-state index contributed by atoms with van der Waals surface area (Å²) in [6.07, 6.45) is 0.644. The molecule has 0 radical (unpaired) electrons. The molecule has 0 heterocycles. The molecule has 22 heavy (non-hydrogen) atoms. The Morgan fingerprint density at radius 2 is 1.86 bits per heavy atom. The molecule has 0 aliphatic rings. The van der Waals surface area contributed by atoms with Gasteiger partial charge in [0.1, 0.15) is 17.3 Å². The standard InChI is InChI=1S/C17H18FNO3/c1-21-15-3-2-4-16(11-15)22-12-17(20)19-10-9-13-5-7-14(18)8-6-13/h2-8,11H,9-10,12H2,1H3,(H,19,20). The second-order valence-electron chi connectivity index (χ2n) is 4.69. The maximum Gasteiger partial charge on any atom is 0.257 e. The summed E-state index contributed by atoms with van der Waals surface area (Å²) in [7, 11) is 1.57. The summed E-state index contributed by atoms with van der Waals surface area (Å²) >= 11 is 0. The molecule has 2 aromatic carbocycles. The molecule has 4 nitrogen and oxygen atoms in total. The number of ether oxygens (including phenoxy) is 2. The minimum atomic E-state index is -0.264. The van der Waals surface area contributed by atoms with E-state index in [-0.39, 0.29) is 18.3 Å². The van der Waals surface area contributed by atoms with Gasteiger partial charge in [0.2, 0.25) is 0 Å². The maximum absolute atomic E-state index is 12.8. The first-order valence-electron chi connectivity index (χ1n) is 6.95. The number of amides is 1. The zero-order chi connectivity index (χ0) is 15.8. The van der Waals surface area contributed by atoms with Crippen molar-refractivity contribution in [1.29, 1.82) is 0 Å². The van der Waals surface area contributed by atoms with Crippen molar-refractivity contribution in [2.24, 2.45) is 0 Å². The summed E-state index contributed by atoms with van der Waals surface area (Å²) in [6.45, 7) is 0.419. The lowest BCUT2D eigenvalue weighted by molar-refractivity contribution is -0.123. The van der Waals surface area contributed by atoms with Crippen molar-refractivity contribution in [1.82, 2.24) is 5.32 Å². The van der Waals surface area contributed by atoms with Crippen LogP contribution in [-0.4, -0.2) is 26.2 Å². The van der Waals surface area contributed by atoms with Crippen molar-refractivity contribution < 1.29 is 18.7 Å². The Labute approximate surface area is 128 Å². The van der Waals surface area contributed by atoms with Gasteiger partial charge in [-0.1, -0.05) is 18.2 Å². The Morgan fingerprint density at radius 3 is 2.59 bits per heavy atom. The highest BCUT2D eigenvalue weighted by molar-refractivity contribution is 5.77. The number of hydrogen-bond donors (Lipinski definition) is 1. The van der Waals surface area contributed by atoms with Crippen LogP contribution >= 0.6 is 0 Å². The van der Waals surface area contributed by atoms with E-state index in [1.807, 2.05) is 0 Å². The molecule has 0 saturated carbocycles. The number of halogens is 1.